The van der Waals surface area contributed by atoms with Crippen molar-refractivity contribution >= 4 is 11.9 Å². The molecule has 1 aromatic heterocycles. The summed E-state index contributed by atoms with van der Waals surface area (Å²) >= 11 is 0. The predicted molar refractivity (Wildman–Crippen MR) is 80.1 cm³/mol. The van der Waals surface area contributed by atoms with E-state index in [0.717, 1.165) is 22.7 Å². The Hall–Kier alpha value is -2.43. The van der Waals surface area contributed by atoms with Gasteiger partial charge in [-0.15, -0.1) is 0 Å². The number of hydrogen-bond donors (Lipinski definition) is 1. The molecular weight excluding hydrogens is 254 g/mol. The van der Waals surface area contributed by atoms with Gasteiger partial charge >= 0.3 is 0 Å². The monoisotopic (exact) mass is 273 g/mol. The summed E-state index contributed by atoms with van der Waals surface area (Å²) in [5, 5.41) is 7.46. The highest BCUT2D eigenvalue weighted by Crippen LogP contribution is 2.30. The molecule has 0 fully saturated rings. The predicted octanol–water partition coefficient (Wildman–Crippen LogP) is 3.00. The third-order valence-corrected chi connectivity index (χ3v) is 2.80. The summed E-state index contributed by atoms with van der Waals surface area (Å²) < 4.78 is 12.5. The number of aromatic nitrogens is 2. The van der Waals surface area contributed by atoms with Crippen molar-refractivity contribution in [3.05, 3.63) is 42.7 Å². The molecule has 0 saturated heterocycles. The summed E-state index contributed by atoms with van der Waals surface area (Å²) in [5.74, 6) is 1.47. The van der Waals surface area contributed by atoms with Crippen LogP contribution in [-0.4, -0.2) is 23.5 Å². The molecule has 0 aliphatic rings. The van der Waals surface area contributed by atoms with E-state index in [4.69, 9.17) is 9.47 Å². The van der Waals surface area contributed by atoms with Crippen LogP contribution in [0.3, 0.4) is 0 Å². The lowest BCUT2D eigenvalue weighted by Crippen LogP contribution is -2.00. The number of nitrogens with zero attached hydrogens (tertiary/aromatic N) is 2. The Morgan fingerprint density at radius 2 is 2.25 bits per heavy atom. The maximum Gasteiger partial charge on any atom is 0.163 e. The molecule has 1 N–H and O–H groups in total. The number of nitrogens with one attached hydrogen (secondary N) is 1. The molecule has 0 bridgehead atoms. The molecule has 5 heteroatoms. The summed E-state index contributed by atoms with van der Waals surface area (Å²) in [6, 6.07) is 5.78. The van der Waals surface area contributed by atoms with Crippen LogP contribution in [0.25, 0.3) is 6.20 Å². The zero-order chi connectivity index (χ0) is 14.4. The number of hydrogen-bond acceptors (Lipinski definition) is 4. The zero-order valence-corrected chi connectivity index (χ0v) is 11.8. The molecule has 2 aromatic rings. The molecule has 0 atom stereocenters. The molecule has 0 saturated carbocycles. The number of rotatable bonds is 7. The highest BCUT2D eigenvalue weighted by atomic mass is 16.5. The molecule has 0 unspecified atom stereocenters. The van der Waals surface area contributed by atoms with E-state index in [1.807, 2.05) is 37.5 Å². The maximum atomic E-state index is 5.55. The van der Waals surface area contributed by atoms with Crippen LogP contribution in [0.5, 0.6) is 11.5 Å². The zero-order valence-electron chi connectivity index (χ0n) is 11.8. The van der Waals surface area contributed by atoms with Gasteiger partial charge in [-0.05, 0) is 19.1 Å². The van der Waals surface area contributed by atoms with Crippen molar-refractivity contribution in [2.75, 3.05) is 19.0 Å². The van der Waals surface area contributed by atoms with E-state index >= 15 is 0 Å². The first kappa shape index (κ1) is 14.0. The third kappa shape index (κ3) is 3.32. The smallest absolute Gasteiger partial charge is 0.163 e. The van der Waals surface area contributed by atoms with E-state index in [1.54, 1.807) is 18.0 Å². The second-order valence-corrected chi connectivity index (χ2v) is 4.16. The first-order chi connectivity index (χ1) is 9.76. The quantitative estimate of drug-likeness (QED) is 0.842. The minimum absolute atomic E-state index is 0.603. The molecule has 0 radical (unpaired) electrons. The molecule has 0 spiro atoms. The Morgan fingerprint density at radius 3 is 2.90 bits per heavy atom. The third-order valence-electron chi connectivity index (χ3n) is 2.80. The molecule has 5 nitrogen and oxygen atoms in total. The number of benzene rings is 1. The van der Waals surface area contributed by atoms with E-state index in [9.17, 15) is 0 Å². The highest BCUT2D eigenvalue weighted by molar-refractivity contribution is 5.54. The van der Waals surface area contributed by atoms with E-state index in [0.29, 0.717) is 13.2 Å². The van der Waals surface area contributed by atoms with Crippen molar-refractivity contribution in [2.24, 2.45) is 0 Å². The highest BCUT2D eigenvalue weighted by Gasteiger charge is 2.05. The van der Waals surface area contributed by atoms with E-state index in [1.165, 1.54) is 0 Å². The van der Waals surface area contributed by atoms with Gasteiger partial charge in [0.2, 0.25) is 0 Å². The molecule has 2 rings (SSSR count). The van der Waals surface area contributed by atoms with E-state index < -0.39 is 0 Å². The Bertz CT molecular complexity index is 578. The van der Waals surface area contributed by atoms with Gasteiger partial charge in [0.15, 0.2) is 11.5 Å². The largest absolute Gasteiger partial charge is 0.493 e. The van der Waals surface area contributed by atoms with Crippen molar-refractivity contribution in [1.82, 2.24) is 9.78 Å². The van der Waals surface area contributed by atoms with Crippen LogP contribution in [-0.2, 0) is 6.54 Å². The fraction of sp³-hybridized carbons (Fsp3) is 0.267. The Labute approximate surface area is 118 Å². The van der Waals surface area contributed by atoms with Gasteiger partial charge in [-0.1, -0.05) is 6.58 Å². The SMILES string of the molecule is C=Cn1cc(CNc2ccc(OC)c(OCC)c2)cn1. The molecule has 20 heavy (non-hydrogen) atoms. The van der Waals surface area contributed by atoms with Gasteiger partial charge in [0.25, 0.3) is 0 Å². The summed E-state index contributed by atoms with van der Waals surface area (Å²) in [6.07, 6.45) is 5.39. The topological polar surface area (TPSA) is 48.3 Å². The Morgan fingerprint density at radius 1 is 1.40 bits per heavy atom. The molecule has 0 aliphatic carbocycles. The van der Waals surface area contributed by atoms with E-state index in [2.05, 4.69) is 17.0 Å². The first-order valence-electron chi connectivity index (χ1n) is 6.47. The molecule has 0 amide bonds. The van der Waals surface area contributed by atoms with Crippen LogP contribution >= 0.6 is 0 Å². The number of ether oxygens (including phenoxy) is 2. The van der Waals surface area contributed by atoms with Crippen molar-refractivity contribution in [2.45, 2.75) is 13.5 Å². The van der Waals surface area contributed by atoms with Crippen LogP contribution < -0.4 is 14.8 Å². The van der Waals surface area contributed by atoms with Gasteiger partial charge < -0.3 is 14.8 Å². The van der Waals surface area contributed by atoms with Gasteiger partial charge in [-0.25, -0.2) is 4.68 Å². The molecule has 106 valence electrons. The molecule has 0 aliphatic heterocycles. The summed E-state index contributed by atoms with van der Waals surface area (Å²) in [4.78, 5) is 0. The minimum Gasteiger partial charge on any atom is -0.493 e. The fourth-order valence-corrected chi connectivity index (χ4v) is 1.83. The second-order valence-electron chi connectivity index (χ2n) is 4.16. The van der Waals surface area contributed by atoms with Crippen molar-refractivity contribution < 1.29 is 9.47 Å². The summed E-state index contributed by atoms with van der Waals surface area (Å²) in [5.41, 5.74) is 2.05. The lowest BCUT2D eigenvalue weighted by Gasteiger charge is -2.12. The maximum absolute atomic E-state index is 5.55. The first-order valence-corrected chi connectivity index (χ1v) is 6.47. The minimum atomic E-state index is 0.603. The van der Waals surface area contributed by atoms with Gasteiger partial charge in [0.1, 0.15) is 0 Å². The normalized spacial score (nSPS) is 10.1. The van der Waals surface area contributed by atoms with Gasteiger partial charge in [0.05, 0.1) is 19.9 Å². The van der Waals surface area contributed by atoms with Gasteiger partial charge in [-0.3, -0.25) is 0 Å². The van der Waals surface area contributed by atoms with Crippen LogP contribution in [0.4, 0.5) is 5.69 Å². The van der Waals surface area contributed by atoms with Gasteiger partial charge in [0, 0.05) is 36.3 Å². The lowest BCUT2D eigenvalue weighted by molar-refractivity contribution is 0.311. The Balaban J connectivity index is 2.05. The van der Waals surface area contributed by atoms with Crippen molar-refractivity contribution in [1.29, 1.82) is 0 Å². The van der Waals surface area contributed by atoms with E-state index in [-0.39, 0.29) is 0 Å². The summed E-state index contributed by atoms with van der Waals surface area (Å²) in [6.45, 7) is 6.90. The number of methoxy groups -OCH3 is 1. The molecular formula is C15H19N3O2. The molecule has 1 aromatic carbocycles. The average molecular weight is 273 g/mol. The van der Waals surface area contributed by atoms with Crippen LogP contribution in [0, 0.1) is 0 Å². The lowest BCUT2D eigenvalue weighted by atomic mass is 10.2. The average Bonchev–Trinajstić information content (AvgIpc) is 2.94. The fourth-order valence-electron chi connectivity index (χ4n) is 1.83. The van der Waals surface area contributed by atoms with Crippen LogP contribution in [0.15, 0.2) is 37.2 Å². The summed E-state index contributed by atoms with van der Waals surface area (Å²) in [7, 11) is 1.63. The molecule has 1 heterocycles. The van der Waals surface area contributed by atoms with Crippen molar-refractivity contribution in [3.63, 3.8) is 0 Å². The second kappa shape index (κ2) is 6.65. The van der Waals surface area contributed by atoms with Crippen molar-refractivity contribution in [3.8, 4) is 11.5 Å². The standard InChI is InChI=1S/C15H19N3O2/c1-4-18-11-12(10-17-18)9-16-13-6-7-14(19-3)15(8-13)20-5-2/h4,6-8,10-11,16H,1,5,9H2,2-3H3. The number of anilines is 1. The Kier molecular flexibility index (Phi) is 4.65. The van der Waals surface area contributed by atoms with Crippen LogP contribution in [0.2, 0.25) is 0 Å². The van der Waals surface area contributed by atoms with Gasteiger partial charge in [-0.2, -0.15) is 5.10 Å². The van der Waals surface area contributed by atoms with Crippen LogP contribution in [0.1, 0.15) is 12.5 Å².